The number of nitrogens with zero attached hydrogens (tertiary/aromatic N) is 6. The number of nitrogen functional groups attached to an aromatic ring is 1. The van der Waals surface area contributed by atoms with Gasteiger partial charge >= 0.3 is 0 Å². The van der Waals surface area contributed by atoms with E-state index in [1.54, 1.807) is 4.90 Å². The summed E-state index contributed by atoms with van der Waals surface area (Å²) in [4.78, 5) is 69.9. The van der Waals surface area contributed by atoms with Gasteiger partial charge in [-0.05, 0) is 198 Å². The number of hydrogen-bond donors (Lipinski definition) is 2. The number of carbonyl (C=O) groups excluding carboxylic acids is 4. The van der Waals surface area contributed by atoms with Crippen LogP contribution in [0.4, 0.5) is 11.5 Å². The van der Waals surface area contributed by atoms with Gasteiger partial charge in [0.15, 0.2) is 0 Å². The summed E-state index contributed by atoms with van der Waals surface area (Å²) in [6.07, 6.45) is 12.3. The number of benzene rings is 3. The average Bonchev–Trinajstić information content (AvgIpc) is 3.56. The number of nitrogens with one attached hydrogen (secondary N) is 1. The Morgan fingerprint density at radius 1 is 0.857 bits per heavy atom. The van der Waals surface area contributed by atoms with Crippen LogP contribution in [0.2, 0.25) is 0 Å². The maximum atomic E-state index is 13.7. The van der Waals surface area contributed by atoms with E-state index in [1.807, 2.05) is 44.4 Å². The zero-order valence-electron chi connectivity index (χ0n) is 41.8. The first kappa shape index (κ1) is 47.7. The first-order chi connectivity index (χ1) is 33.7. The number of amides is 4. The summed E-state index contributed by atoms with van der Waals surface area (Å²) in [6.45, 7) is 17.5. The second kappa shape index (κ2) is 19.7. The number of piperidine rings is 4. The molecule has 10 rings (SSSR count). The second-order valence-electron chi connectivity index (χ2n) is 21.9. The molecular formula is C58H70N8O4. The van der Waals surface area contributed by atoms with E-state index in [0.29, 0.717) is 35.9 Å². The molecule has 0 saturated carbocycles. The van der Waals surface area contributed by atoms with Gasteiger partial charge in [0.2, 0.25) is 17.7 Å². The van der Waals surface area contributed by atoms with Gasteiger partial charge in [-0.1, -0.05) is 37.6 Å². The third-order valence-electron chi connectivity index (χ3n) is 17.1. The molecule has 0 bridgehead atoms. The number of hydrogen-bond acceptors (Lipinski definition) is 9. The molecule has 0 radical (unpaired) electrons. The van der Waals surface area contributed by atoms with Gasteiger partial charge in [-0.3, -0.25) is 44.2 Å². The summed E-state index contributed by atoms with van der Waals surface area (Å²) in [6, 6.07) is 24.9. The van der Waals surface area contributed by atoms with E-state index < -0.39 is 17.4 Å². The number of imide groups is 1. The minimum atomic E-state index is -0.744. The molecule has 3 unspecified atom stereocenters. The maximum Gasteiger partial charge on any atom is 0.253 e. The quantitative estimate of drug-likeness (QED) is 0.124. The van der Waals surface area contributed by atoms with Crippen molar-refractivity contribution >= 4 is 46.0 Å². The van der Waals surface area contributed by atoms with Crippen molar-refractivity contribution in [1.29, 1.82) is 0 Å². The summed E-state index contributed by atoms with van der Waals surface area (Å²) in [5.41, 5.74) is 15.9. The van der Waals surface area contributed by atoms with E-state index in [2.05, 4.69) is 100 Å². The smallest absolute Gasteiger partial charge is 0.253 e. The third kappa shape index (κ3) is 9.49. The molecule has 5 aromatic rings. The van der Waals surface area contributed by atoms with Crippen molar-refractivity contribution in [3.63, 3.8) is 0 Å². The Balaban J connectivity index is 0.665. The summed E-state index contributed by atoms with van der Waals surface area (Å²) >= 11 is 0. The van der Waals surface area contributed by atoms with Crippen LogP contribution in [-0.2, 0) is 26.3 Å². The van der Waals surface area contributed by atoms with Crippen molar-refractivity contribution < 1.29 is 19.2 Å². The number of aryl methyl sites for hydroxylation is 1. The fraction of sp³-hybridized carbons (Fsp3) is 0.483. The van der Waals surface area contributed by atoms with E-state index >= 15 is 0 Å². The van der Waals surface area contributed by atoms with Crippen molar-refractivity contribution in [1.82, 2.24) is 30.0 Å². The molecule has 5 aliphatic rings. The topological polar surface area (TPSA) is 145 Å². The van der Waals surface area contributed by atoms with Gasteiger partial charge in [-0.2, -0.15) is 0 Å². The molecule has 4 amide bonds. The summed E-state index contributed by atoms with van der Waals surface area (Å²) in [7, 11) is 0. The Morgan fingerprint density at radius 2 is 1.63 bits per heavy atom. The highest BCUT2D eigenvalue weighted by atomic mass is 16.2. The minimum Gasteiger partial charge on any atom is -0.384 e. The summed E-state index contributed by atoms with van der Waals surface area (Å²) < 4.78 is 0. The van der Waals surface area contributed by atoms with Gasteiger partial charge in [0.1, 0.15) is 11.9 Å². The van der Waals surface area contributed by atoms with Gasteiger partial charge in [0.05, 0.1) is 10.9 Å². The van der Waals surface area contributed by atoms with Crippen LogP contribution in [0.25, 0.3) is 22.0 Å². The van der Waals surface area contributed by atoms with Crippen molar-refractivity contribution in [2.24, 2.45) is 17.8 Å². The van der Waals surface area contributed by atoms with Crippen molar-refractivity contribution in [2.75, 3.05) is 49.9 Å². The highest BCUT2D eigenvalue weighted by molar-refractivity contribution is 6.13. The van der Waals surface area contributed by atoms with Crippen LogP contribution < -0.4 is 16.0 Å². The molecule has 7 heterocycles. The van der Waals surface area contributed by atoms with E-state index in [1.165, 1.54) is 41.5 Å². The highest BCUT2D eigenvalue weighted by Gasteiger charge is 2.49. The number of pyridine rings is 2. The van der Waals surface area contributed by atoms with Crippen LogP contribution in [0.3, 0.4) is 0 Å². The molecule has 70 heavy (non-hydrogen) atoms. The molecule has 4 atom stereocenters. The molecule has 3 N–H and O–H groups in total. The SMILES string of the molecule is Cc1cc2nccc(-c3ccc(N)nc3)c2cc1C(C)N1CCC(c2ccc(C(=O)N3CCC(CCC4CCN(Cc5ccc6c(c5)C(C)(C)C(=O)N6C5CCC(=O)NC5=O)C[C@@H]4C)CC3)cc2)CC1. The van der Waals surface area contributed by atoms with Crippen LogP contribution in [0.15, 0.2) is 85.2 Å². The first-order valence-corrected chi connectivity index (χ1v) is 26.0. The maximum absolute atomic E-state index is 13.7. The summed E-state index contributed by atoms with van der Waals surface area (Å²) in [5, 5.41) is 3.56. The zero-order valence-corrected chi connectivity index (χ0v) is 41.8. The monoisotopic (exact) mass is 943 g/mol. The molecule has 4 fully saturated rings. The van der Waals surface area contributed by atoms with Gasteiger partial charge in [0.25, 0.3) is 5.91 Å². The molecule has 366 valence electrons. The Kier molecular flexibility index (Phi) is 13.4. The Morgan fingerprint density at radius 3 is 2.34 bits per heavy atom. The lowest BCUT2D eigenvalue weighted by Gasteiger charge is -2.38. The van der Waals surface area contributed by atoms with Crippen LogP contribution in [-0.4, -0.2) is 93.6 Å². The Bertz CT molecular complexity index is 2770. The third-order valence-corrected chi connectivity index (χ3v) is 17.1. The number of fused-ring (bicyclic) bond motifs is 2. The molecule has 0 spiro atoms. The van der Waals surface area contributed by atoms with Gasteiger partial charge < -0.3 is 10.6 Å². The molecule has 12 nitrogen and oxygen atoms in total. The standard InChI is InChI=1S/C58H70N8O4/c1-36-30-50-48(46(18-24-60-50)45-13-16-53(59)61-33-45)32-47(36)38(3)64-28-22-43(23-29-64)42-9-11-44(12-10-42)56(69)65-26-19-39(20-27-65)6-8-41-21-25-63(34-37(41)2)35-40-7-14-51-49(31-40)58(4,5)57(70)66(51)52-15-17-54(67)62-55(52)68/h7,9-14,16,18,24,30-33,37-39,41,43,52H,6,8,15,17,19-23,25-29,34-35H2,1-5H3,(H2,59,61)(H,62,67,68)/t37-,38?,41?,52?/m0/s1. The second-order valence-corrected chi connectivity index (χ2v) is 21.9. The molecule has 3 aromatic carbocycles. The number of rotatable bonds is 11. The van der Waals surface area contributed by atoms with Gasteiger partial charge in [-0.15, -0.1) is 0 Å². The number of anilines is 2. The van der Waals surface area contributed by atoms with Crippen LogP contribution in [0, 0.1) is 24.7 Å². The fourth-order valence-electron chi connectivity index (χ4n) is 12.6. The van der Waals surface area contributed by atoms with Crippen molar-refractivity contribution in [3.05, 3.63) is 119 Å². The largest absolute Gasteiger partial charge is 0.384 e. The van der Waals surface area contributed by atoms with Crippen molar-refractivity contribution in [3.8, 4) is 11.1 Å². The lowest BCUT2D eigenvalue weighted by Crippen LogP contribution is -2.55. The minimum absolute atomic E-state index is 0.0866. The molecule has 5 aliphatic heterocycles. The lowest BCUT2D eigenvalue weighted by atomic mass is 9.80. The van der Waals surface area contributed by atoms with Crippen LogP contribution in [0.5, 0.6) is 0 Å². The number of likely N-dealkylation sites (tertiary alicyclic amines) is 3. The van der Waals surface area contributed by atoms with Crippen LogP contribution in [0.1, 0.15) is 136 Å². The molecule has 0 aliphatic carbocycles. The normalized spacial score (nSPS) is 23.2. The Labute approximate surface area is 413 Å². The number of carbonyl (C=O) groups is 4. The molecule has 12 heteroatoms. The van der Waals surface area contributed by atoms with E-state index in [4.69, 9.17) is 10.7 Å². The average molecular weight is 943 g/mol. The van der Waals surface area contributed by atoms with Crippen molar-refractivity contribution in [2.45, 2.75) is 122 Å². The van der Waals surface area contributed by atoms with Gasteiger partial charge in [0, 0.05) is 73.2 Å². The Hall–Kier alpha value is -5.98. The predicted molar refractivity (Wildman–Crippen MR) is 276 cm³/mol. The first-order valence-electron chi connectivity index (χ1n) is 26.0. The van der Waals surface area contributed by atoms with E-state index in [0.717, 1.165) is 110 Å². The highest BCUT2D eigenvalue weighted by Crippen LogP contribution is 2.45. The predicted octanol–water partition coefficient (Wildman–Crippen LogP) is 9.35. The molecular weight excluding hydrogens is 873 g/mol. The molecule has 2 aromatic heterocycles. The van der Waals surface area contributed by atoms with E-state index in [-0.39, 0.29) is 30.2 Å². The number of aromatic nitrogens is 2. The summed E-state index contributed by atoms with van der Waals surface area (Å²) in [5.74, 6) is 2.36. The zero-order chi connectivity index (χ0) is 48.8. The molecule has 4 saturated heterocycles. The lowest BCUT2D eigenvalue weighted by molar-refractivity contribution is -0.136. The van der Waals surface area contributed by atoms with Gasteiger partial charge in [-0.25, -0.2) is 4.98 Å². The number of nitrogens with two attached hydrogens (primary N) is 1. The van der Waals surface area contributed by atoms with Crippen LogP contribution >= 0.6 is 0 Å². The van der Waals surface area contributed by atoms with E-state index in [9.17, 15) is 19.2 Å². The fourth-order valence-corrected chi connectivity index (χ4v) is 12.6.